The largest absolute Gasteiger partial charge is 0.375 e. The van der Waals surface area contributed by atoms with Gasteiger partial charge in [0.05, 0.1) is 10.2 Å². The van der Waals surface area contributed by atoms with Crippen LogP contribution in [-0.4, -0.2) is 15.9 Å². The molecule has 0 saturated carbocycles. The number of aryl methyl sites for hydroxylation is 1. The van der Waals surface area contributed by atoms with Crippen LogP contribution in [0.1, 0.15) is 15.9 Å². The van der Waals surface area contributed by atoms with Gasteiger partial charge in [0.1, 0.15) is 5.82 Å². The number of nitrogens with two attached hydrogens (primary N) is 1. The predicted molar refractivity (Wildman–Crippen MR) is 88.7 cm³/mol. The first-order valence-electron chi connectivity index (χ1n) is 6.12. The van der Waals surface area contributed by atoms with Gasteiger partial charge in [0.15, 0.2) is 5.13 Å². The number of carbonyl (C=O) groups is 1. The number of carbonyl (C=O) groups excluding carboxylic acids is 1. The Labute approximate surface area is 133 Å². The summed E-state index contributed by atoms with van der Waals surface area (Å²) in [5.41, 5.74) is 8.02. The Morgan fingerprint density at radius 1 is 1.38 bits per heavy atom. The van der Waals surface area contributed by atoms with Gasteiger partial charge in [0.25, 0.3) is 5.91 Å². The summed E-state index contributed by atoms with van der Waals surface area (Å²) in [5.74, 6) is 0.308. The highest BCUT2D eigenvalue weighted by molar-refractivity contribution is 9.10. The maximum absolute atomic E-state index is 12.3. The van der Waals surface area contributed by atoms with Crippen LogP contribution < -0.4 is 11.1 Å². The van der Waals surface area contributed by atoms with E-state index in [-0.39, 0.29) is 5.91 Å². The lowest BCUT2D eigenvalue weighted by atomic mass is 10.2. The van der Waals surface area contributed by atoms with Crippen LogP contribution in [0.2, 0.25) is 0 Å². The third kappa shape index (κ3) is 2.88. The maximum atomic E-state index is 12.3. The maximum Gasteiger partial charge on any atom is 0.256 e. The van der Waals surface area contributed by atoms with Crippen molar-refractivity contribution in [3.8, 4) is 0 Å². The fourth-order valence-corrected chi connectivity index (χ4v) is 2.87. The predicted octanol–water partition coefficient (Wildman–Crippen LogP) is 3.60. The van der Waals surface area contributed by atoms with Crippen molar-refractivity contribution in [2.24, 2.45) is 0 Å². The molecular formula is C14H11BrN4OS. The lowest BCUT2D eigenvalue weighted by molar-refractivity contribution is 0.102. The first-order chi connectivity index (χ1) is 10.0. The first-order valence-corrected chi connectivity index (χ1v) is 7.73. The number of pyridine rings is 1. The Morgan fingerprint density at radius 2 is 2.19 bits per heavy atom. The number of thiazole rings is 1. The third-order valence-corrected chi connectivity index (χ3v) is 4.63. The molecule has 0 unspecified atom stereocenters. The number of anilines is 2. The van der Waals surface area contributed by atoms with Gasteiger partial charge >= 0.3 is 0 Å². The van der Waals surface area contributed by atoms with Crippen molar-refractivity contribution < 1.29 is 4.79 Å². The summed E-state index contributed by atoms with van der Waals surface area (Å²) in [5, 5.41) is 3.27. The highest BCUT2D eigenvalue weighted by Crippen LogP contribution is 2.25. The van der Waals surface area contributed by atoms with E-state index in [9.17, 15) is 4.79 Å². The van der Waals surface area contributed by atoms with Crippen LogP contribution in [-0.2, 0) is 0 Å². The molecule has 1 amide bonds. The zero-order chi connectivity index (χ0) is 15.0. The van der Waals surface area contributed by atoms with Gasteiger partial charge < -0.3 is 11.1 Å². The summed E-state index contributed by atoms with van der Waals surface area (Å²) in [6, 6.07) is 7.11. The number of aromatic nitrogens is 2. The van der Waals surface area contributed by atoms with Crippen LogP contribution in [0.25, 0.3) is 10.2 Å². The molecule has 0 fully saturated rings. The van der Waals surface area contributed by atoms with E-state index in [2.05, 4.69) is 31.2 Å². The Morgan fingerprint density at radius 3 is 2.95 bits per heavy atom. The molecule has 106 valence electrons. The number of halogens is 1. The van der Waals surface area contributed by atoms with E-state index in [4.69, 9.17) is 5.73 Å². The highest BCUT2D eigenvalue weighted by atomic mass is 79.9. The van der Waals surface area contributed by atoms with Crippen molar-refractivity contribution in [1.29, 1.82) is 0 Å². The minimum absolute atomic E-state index is 0.210. The number of rotatable bonds is 2. The number of nitrogen functional groups attached to an aromatic ring is 1. The fraction of sp³-hybridized carbons (Fsp3) is 0.0714. The minimum Gasteiger partial charge on any atom is -0.375 e. The van der Waals surface area contributed by atoms with Crippen LogP contribution in [0.5, 0.6) is 0 Å². The number of hydrogen-bond acceptors (Lipinski definition) is 5. The average Bonchev–Trinajstić information content (AvgIpc) is 2.82. The van der Waals surface area contributed by atoms with Crippen LogP contribution in [0.15, 0.2) is 34.9 Å². The topological polar surface area (TPSA) is 80.9 Å². The molecule has 0 bridgehead atoms. The monoisotopic (exact) mass is 362 g/mol. The SMILES string of the molecule is Cc1cc(NC(=O)c2ccc3nc(N)sc3c2)ncc1Br. The van der Waals surface area contributed by atoms with Gasteiger partial charge in [-0.3, -0.25) is 4.79 Å². The van der Waals surface area contributed by atoms with Crippen LogP contribution in [0.3, 0.4) is 0 Å². The van der Waals surface area contributed by atoms with Gasteiger partial charge in [-0.15, -0.1) is 0 Å². The number of nitrogens with zero attached hydrogens (tertiary/aromatic N) is 2. The molecule has 0 saturated heterocycles. The normalized spacial score (nSPS) is 10.8. The molecule has 1 aromatic carbocycles. The van der Waals surface area contributed by atoms with Crippen molar-refractivity contribution in [2.45, 2.75) is 6.92 Å². The molecule has 0 spiro atoms. The van der Waals surface area contributed by atoms with E-state index in [1.165, 1.54) is 11.3 Å². The summed E-state index contributed by atoms with van der Waals surface area (Å²) < 4.78 is 1.79. The lowest BCUT2D eigenvalue weighted by Gasteiger charge is -2.06. The van der Waals surface area contributed by atoms with E-state index in [1.807, 2.05) is 13.0 Å². The summed E-state index contributed by atoms with van der Waals surface area (Å²) in [4.78, 5) is 20.6. The second-order valence-corrected chi connectivity index (χ2v) is 6.42. The van der Waals surface area contributed by atoms with E-state index >= 15 is 0 Å². The molecule has 0 aliphatic carbocycles. The van der Waals surface area contributed by atoms with E-state index in [1.54, 1.807) is 24.4 Å². The standard InChI is InChI=1S/C14H11BrN4OS/c1-7-4-12(17-6-9(7)15)19-13(20)8-2-3-10-11(5-8)21-14(16)18-10/h2-6H,1H3,(H2,16,18)(H,17,19,20). The molecule has 2 aromatic heterocycles. The van der Waals surface area contributed by atoms with E-state index in [0.29, 0.717) is 16.5 Å². The molecule has 3 N–H and O–H groups in total. The van der Waals surface area contributed by atoms with Crippen LogP contribution in [0, 0.1) is 6.92 Å². The number of fused-ring (bicyclic) bond motifs is 1. The smallest absolute Gasteiger partial charge is 0.256 e. The van der Waals surface area contributed by atoms with E-state index < -0.39 is 0 Å². The van der Waals surface area contributed by atoms with Crippen molar-refractivity contribution in [2.75, 3.05) is 11.1 Å². The zero-order valence-electron chi connectivity index (χ0n) is 11.1. The molecule has 21 heavy (non-hydrogen) atoms. The number of amides is 1. The molecule has 0 radical (unpaired) electrons. The second kappa shape index (κ2) is 5.42. The van der Waals surface area contributed by atoms with Crippen molar-refractivity contribution in [3.05, 3.63) is 46.1 Å². The Hall–Kier alpha value is -1.99. The molecule has 0 aliphatic rings. The molecule has 7 heteroatoms. The minimum atomic E-state index is -0.210. The van der Waals surface area contributed by atoms with Gasteiger partial charge in [0, 0.05) is 16.2 Å². The van der Waals surface area contributed by atoms with E-state index in [0.717, 1.165) is 20.3 Å². The Balaban J connectivity index is 1.87. The molecule has 2 heterocycles. The average molecular weight is 363 g/mol. The molecule has 3 rings (SSSR count). The number of benzene rings is 1. The highest BCUT2D eigenvalue weighted by Gasteiger charge is 2.10. The summed E-state index contributed by atoms with van der Waals surface area (Å²) >= 11 is 4.74. The lowest BCUT2D eigenvalue weighted by Crippen LogP contribution is -2.12. The quantitative estimate of drug-likeness (QED) is 0.729. The zero-order valence-corrected chi connectivity index (χ0v) is 13.5. The Kier molecular flexibility index (Phi) is 3.60. The summed E-state index contributed by atoms with van der Waals surface area (Å²) in [6.45, 7) is 1.94. The molecule has 0 aliphatic heterocycles. The van der Waals surface area contributed by atoms with Crippen LogP contribution >= 0.6 is 27.3 Å². The molecule has 3 aromatic rings. The van der Waals surface area contributed by atoms with Gasteiger partial charge in [-0.1, -0.05) is 11.3 Å². The second-order valence-electron chi connectivity index (χ2n) is 4.51. The summed E-state index contributed by atoms with van der Waals surface area (Å²) in [7, 11) is 0. The van der Waals surface area contributed by atoms with Gasteiger partial charge in [-0.05, 0) is 52.7 Å². The molecular weight excluding hydrogens is 352 g/mol. The Bertz CT molecular complexity index is 846. The van der Waals surface area contributed by atoms with Crippen LogP contribution in [0.4, 0.5) is 10.9 Å². The molecule has 0 atom stereocenters. The fourth-order valence-electron chi connectivity index (χ4n) is 1.88. The van der Waals surface area contributed by atoms with Crippen molar-refractivity contribution in [1.82, 2.24) is 9.97 Å². The first kappa shape index (κ1) is 14.0. The van der Waals surface area contributed by atoms with Crippen molar-refractivity contribution >= 4 is 54.3 Å². The number of nitrogens with one attached hydrogen (secondary N) is 1. The van der Waals surface area contributed by atoms with Gasteiger partial charge in [0.2, 0.25) is 0 Å². The summed E-state index contributed by atoms with van der Waals surface area (Å²) in [6.07, 6.45) is 1.66. The molecule has 5 nitrogen and oxygen atoms in total. The third-order valence-electron chi connectivity index (χ3n) is 2.96. The van der Waals surface area contributed by atoms with Gasteiger partial charge in [-0.25, -0.2) is 9.97 Å². The number of hydrogen-bond donors (Lipinski definition) is 2. The van der Waals surface area contributed by atoms with Crippen molar-refractivity contribution in [3.63, 3.8) is 0 Å². The van der Waals surface area contributed by atoms with Gasteiger partial charge in [-0.2, -0.15) is 0 Å².